The van der Waals surface area contributed by atoms with Gasteiger partial charge in [-0.15, -0.1) is 11.3 Å². The van der Waals surface area contributed by atoms with E-state index < -0.39 is 23.8 Å². The Morgan fingerprint density at radius 2 is 1.71 bits per heavy atom. The number of ketones is 1. The van der Waals surface area contributed by atoms with Gasteiger partial charge in [-0.1, -0.05) is 37.3 Å². The van der Waals surface area contributed by atoms with Crippen LogP contribution in [-0.2, 0) is 24.2 Å². The lowest BCUT2D eigenvalue weighted by molar-refractivity contribution is -0.133. The van der Waals surface area contributed by atoms with Crippen molar-refractivity contribution in [3.05, 3.63) is 93.2 Å². The summed E-state index contributed by atoms with van der Waals surface area (Å²) in [7, 11) is 0. The molecule has 35 heavy (non-hydrogen) atoms. The monoisotopic (exact) mass is 500 g/mol. The Labute approximate surface area is 208 Å². The molecule has 3 aromatic rings. The minimum absolute atomic E-state index is 0.00126. The minimum atomic E-state index is -1.13. The summed E-state index contributed by atoms with van der Waals surface area (Å²) >= 11 is 1.33. The zero-order valence-electron chi connectivity index (χ0n) is 19.6. The molecule has 0 aliphatic heterocycles. The van der Waals surface area contributed by atoms with Crippen LogP contribution >= 0.6 is 11.3 Å². The highest BCUT2D eigenvalue weighted by Gasteiger charge is 2.24. The van der Waals surface area contributed by atoms with Crippen LogP contribution in [0.5, 0.6) is 0 Å². The van der Waals surface area contributed by atoms with Gasteiger partial charge in [0.15, 0.2) is 5.78 Å². The van der Waals surface area contributed by atoms with Gasteiger partial charge in [0.2, 0.25) is 5.91 Å². The number of carbonyl (C=O) groups excluding carboxylic acids is 2. The van der Waals surface area contributed by atoms with E-state index in [1.807, 2.05) is 36.6 Å². The smallest absolute Gasteiger partial charge is 0.223 e. The standard InChI is InChI=1S/C27H30F2N2O3S/c1-2-18-5-3-6-19(11-18)16-31(27(34)9-8-24(32)26-7-4-10-35-26)17-25(33)23(30)14-20-12-21(28)15-22(29)13-20/h3-7,10-13,15,23,25,33H,2,8-9,14,16-17,30H2,1H3. The molecular weight excluding hydrogens is 470 g/mol. The zero-order chi connectivity index (χ0) is 25.4. The third kappa shape index (κ3) is 8.06. The van der Waals surface area contributed by atoms with E-state index in [9.17, 15) is 23.5 Å². The Balaban J connectivity index is 1.70. The van der Waals surface area contributed by atoms with Gasteiger partial charge in [0.1, 0.15) is 11.6 Å². The first-order valence-electron chi connectivity index (χ1n) is 11.6. The average Bonchev–Trinajstić information content (AvgIpc) is 3.36. The number of carbonyl (C=O) groups is 2. The predicted octanol–water partition coefficient (Wildman–Crippen LogP) is 4.51. The summed E-state index contributed by atoms with van der Waals surface area (Å²) in [6.07, 6.45) is -0.182. The number of rotatable bonds is 12. The summed E-state index contributed by atoms with van der Waals surface area (Å²) in [5.41, 5.74) is 8.48. The molecule has 1 amide bonds. The van der Waals surface area contributed by atoms with Gasteiger partial charge in [-0.2, -0.15) is 0 Å². The second-order valence-electron chi connectivity index (χ2n) is 8.56. The Morgan fingerprint density at radius 1 is 1.00 bits per heavy atom. The summed E-state index contributed by atoms with van der Waals surface area (Å²) in [6, 6.07) is 13.6. The van der Waals surface area contributed by atoms with Crippen LogP contribution in [0.15, 0.2) is 60.0 Å². The first kappa shape index (κ1) is 26.7. The van der Waals surface area contributed by atoms with E-state index in [1.54, 1.807) is 12.1 Å². The first-order valence-corrected chi connectivity index (χ1v) is 12.4. The summed E-state index contributed by atoms with van der Waals surface area (Å²) in [5, 5.41) is 12.6. The quantitative estimate of drug-likeness (QED) is 0.359. The average molecular weight is 501 g/mol. The van der Waals surface area contributed by atoms with Crippen LogP contribution < -0.4 is 5.73 Å². The number of hydrogen-bond donors (Lipinski definition) is 2. The summed E-state index contributed by atoms with van der Waals surface area (Å²) in [5.74, 6) is -1.82. The lowest BCUT2D eigenvalue weighted by Gasteiger charge is -2.28. The number of aliphatic hydroxyl groups excluding tert-OH is 1. The van der Waals surface area contributed by atoms with Crippen molar-refractivity contribution in [2.75, 3.05) is 6.54 Å². The molecule has 0 saturated carbocycles. The fraction of sp³-hybridized carbons (Fsp3) is 0.333. The Hall–Kier alpha value is -2.94. The highest BCUT2D eigenvalue weighted by molar-refractivity contribution is 7.12. The molecule has 0 aliphatic rings. The Kier molecular flexibility index (Phi) is 9.65. The molecule has 1 aromatic heterocycles. The van der Waals surface area contributed by atoms with Crippen molar-refractivity contribution >= 4 is 23.0 Å². The van der Waals surface area contributed by atoms with Crippen LogP contribution in [-0.4, -0.2) is 40.4 Å². The number of nitrogens with zero attached hydrogens (tertiary/aromatic N) is 1. The first-order chi connectivity index (χ1) is 16.7. The normalized spacial score (nSPS) is 12.8. The van der Waals surface area contributed by atoms with Crippen LogP contribution in [0.2, 0.25) is 0 Å². The van der Waals surface area contributed by atoms with E-state index in [0.29, 0.717) is 10.4 Å². The topological polar surface area (TPSA) is 83.6 Å². The zero-order valence-corrected chi connectivity index (χ0v) is 20.4. The van der Waals surface area contributed by atoms with Gasteiger partial charge in [0.05, 0.1) is 11.0 Å². The molecule has 3 N–H and O–H groups in total. The summed E-state index contributed by atoms with van der Waals surface area (Å²) < 4.78 is 27.1. The van der Waals surface area contributed by atoms with Crippen LogP contribution in [0.4, 0.5) is 8.78 Å². The fourth-order valence-electron chi connectivity index (χ4n) is 3.86. The molecule has 8 heteroatoms. The largest absolute Gasteiger partial charge is 0.390 e. The molecule has 1 heterocycles. The highest BCUT2D eigenvalue weighted by atomic mass is 32.1. The third-order valence-corrected chi connectivity index (χ3v) is 6.69. The van der Waals surface area contributed by atoms with E-state index in [4.69, 9.17) is 5.73 Å². The number of benzene rings is 2. The summed E-state index contributed by atoms with van der Waals surface area (Å²) in [6.45, 7) is 2.22. The number of hydrogen-bond acceptors (Lipinski definition) is 5. The van der Waals surface area contributed by atoms with E-state index >= 15 is 0 Å². The molecule has 3 rings (SSSR count). The number of halogens is 2. The highest BCUT2D eigenvalue weighted by Crippen LogP contribution is 2.17. The third-order valence-electron chi connectivity index (χ3n) is 5.78. The van der Waals surface area contributed by atoms with Gasteiger partial charge >= 0.3 is 0 Å². The maximum absolute atomic E-state index is 13.5. The van der Waals surface area contributed by atoms with Crippen LogP contribution in [0.1, 0.15) is 46.1 Å². The number of aryl methyl sites for hydroxylation is 1. The van der Waals surface area contributed by atoms with E-state index in [-0.39, 0.29) is 44.0 Å². The van der Waals surface area contributed by atoms with Crippen molar-refractivity contribution in [2.45, 2.75) is 51.3 Å². The molecule has 0 spiro atoms. The van der Waals surface area contributed by atoms with Crippen LogP contribution in [0.25, 0.3) is 0 Å². The SMILES string of the molecule is CCc1cccc(CN(CC(O)C(N)Cc2cc(F)cc(F)c2)C(=O)CCC(=O)c2cccs2)c1. The molecule has 0 saturated heterocycles. The van der Waals surface area contributed by atoms with Crippen molar-refractivity contribution < 1.29 is 23.5 Å². The Morgan fingerprint density at radius 3 is 2.37 bits per heavy atom. The predicted molar refractivity (Wildman–Crippen MR) is 133 cm³/mol. The molecule has 2 atom stereocenters. The molecule has 2 unspecified atom stereocenters. The van der Waals surface area contributed by atoms with Crippen molar-refractivity contribution in [3.63, 3.8) is 0 Å². The molecule has 2 aromatic carbocycles. The minimum Gasteiger partial charge on any atom is -0.390 e. The number of nitrogens with two attached hydrogens (primary N) is 1. The number of thiophene rings is 1. The maximum atomic E-state index is 13.5. The van der Waals surface area contributed by atoms with Crippen molar-refractivity contribution in [1.82, 2.24) is 4.90 Å². The van der Waals surface area contributed by atoms with Crippen LogP contribution in [0.3, 0.4) is 0 Å². The molecule has 5 nitrogen and oxygen atoms in total. The summed E-state index contributed by atoms with van der Waals surface area (Å²) in [4.78, 5) is 27.6. The van der Waals surface area contributed by atoms with Gasteiger partial charge in [0.25, 0.3) is 0 Å². The van der Waals surface area contributed by atoms with Crippen molar-refractivity contribution in [2.24, 2.45) is 5.73 Å². The lowest BCUT2D eigenvalue weighted by atomic mass is 10.0. The second kappa shape index (κ2) is 12.7. The van der Waals surface area contributed by atoms with E-state index in [1.165, 1.54) is 28.4 Å². The number of amides is 1. The van der Waals surface area contributed by atoms with Gasteiger partial charge in [-0.3, -0.25) is 9.59 Å². The van der Waals surface area contributed by atoms with E-state index in [0.717, 1.165) is 23.6 Å². The number of Topliss-reactive ketones (excluding diaryl/α,β-unsaturated/α-hetero) is 1. The van der Waals surface area contributed by atoms with Crippen molar-refractivity contribution in [1.29, 1.82) is 0 Å². The van der Waals surface area contributed by atoms with E-state index in [2.05, 4.69) is 0 Å². The molecule has 0 fully saturated rings. The fourth-order valence-corrected chi connectivity index (χ4v) is 4.55. The van der Waals surface area contributed by atoms with Gasteiger partial charge in [-0.05, 0) is 53.1 Å². The molecule has 0 radical (unpaired) electrons. The number of aliphatic hydroxyl groups is 1. The Bertz CT molecular complexity index is 1120. The lowest BCUT2D eigenvalue weighted by Crippen LogP contribution is -2.46. The van der Waals surface area contributed by atoms with Gasteiger partial charge in [-0.25, -0.2) is 8.78 Å². The van der Waals surface area contributed by atoms with Gasteiger partial charge in [0, 0.05) is 38.0 Å². The second-order valence-corrected chi connectivity index (χ2v) is 9.51. The molecule has 186 valence electrons. The molecule has 0 aliphatic carbocycles. The van der Waals surface area contributed by atoms with Crippen molar-refractivity contribution in [3.8, 4) is 0 Å². The maximum Gasteiger partial charge on any atom is 0.223 e. The molecule has 0 bridgehead atoms. The van der Waals surface area contributed by atoms with Gasteiger partial charge < -0.3 is 15.7 Å². The molecular formula is C27H30F2N2O3S. The van der Waals surface area contributed by atoms with Crippen LogP contribution in [0, 0.1) is 11.6 Å².